The molecule has 0 bridgehead atoms. The van der Waals surface area contributed by atoms with Crippen molar-refractivity contribution in [3.8, 4) is 5.75 Å². The van der Waals surface area contributed by atoms with Crippen LogP contribution in [-0.2, 0) is 6.18 Å². The topological polar surface area (TPSA) is 35.2 Å². The number of halogens is 3. The Bertz CT molecular complexity index is 375. The molecule has 0 saturated heterocycles. The van der Waals surface area contributed by atoms with Gasteiger partial charge in [-0.3, -0.25) is 0 Å². The third-order valence-corrected chi connectivity index (χ3v) is 2.29. The van der Waals surface area contributed by atoms with Gasteiger partial charge in [-0.2, -0.15) is 13.2 Å². The van der Waals surface area contributed by atoms with Crippen LogP contribution < -0.4 is 10.5 Å². The second-order valence-electron chi connectivity index (χ2n) is 4.28. The first-order valence-electron chi connectivity index (χ1n) is 5.40. The van der Waals surface area contributed by atoms with E-state index >= 15 is 0 Å². The van der Waals surface area contributed by atoms with Crippen LogP contribution >= 0.6 is 0 Å². The Kier molecular flexibility index (Phi) is 4.26. The molecule has 0 aliphatic rings. The van der Waals surface area contributed by atoms with Crippen molar-refractivity contribution in [2.75, 3.05) is 12.3 Å². The highest BCUT2D eigenvalue weighted by atomic mass is 19.4. The lowest BCUT2D eigenvalue weighted by molar-refractivity contribution is -0.137. The fraction of sp³-hybridized carbons (Fsp3) is 0.500. The molecular formula is C12H16F3NO. The second-order valence-corrected chi connectivity index (χ2v) is 4.28. The Balaban J connectivity index is 2.76. The van der Waals surface area contributed by atoms with Crippen LogP contribution in [0, 0.1) is 5.92 Å². The summed E-state index contributed by atoms with van der Waals surface area (Å²) < 4.78 is 42.9. The van der Waals surface area contributed by atoms with E-state index in [-0.39, 0.29) is 11.4 Å². The monoisotopic (exact) mass is 247 g/mol. The average Bonchev–Trinajstić information content (AvgIpc) is 2.18. The van der Waals surface area contributed by atoms with Crippen LogP contribution in [0.25, 0.3) is 0 Å². The summed E-state index contributed by atoms with van der Waals surface area (Å²) in [4.78, 5) is 0. The molecule has 0 aliphatic carbocycles. The van der Waals surface area contributed by atoms with E-state index in [1.165, 1.54) is 12.1 Å². The molecule has 0 aliphatic heterocycles. The predicted octanol–water partition coefficient (Wildman–Crippen LogP) is 3.71. The van der Waals surface area contributed by atoms with Crippen molar-refractivity contribution in [2.24, 2.45) is 5.92 Å². The van der Waals surface area contributed by atoms with E-state index in [0.29, 0.717) is 12.5 Å². The number of ether oxygens (including phenoxy) is 1. The number of hydrogen-bond acceptors (Lipinski definition) is 2. The zero-order valence-electron chi connectivity index (χ0n) is 9.84. The molecule has 96 valence electrons. The van der Waals surface area contributed by atoms with Crippen molar-refractivity contribution < 1.29 is 17.9 Å². The molecule has 0 atom stereocenters. The summed E-state index contributed by atoms with van der Waals surface area (Å²) in [5, 5.41) is 0. The summed E-state index contributed by atoms with van der Waals surface area (Å²) in [5.41, 5.74) is 4.15. The van der Waals surface area contributed by atoms with E-state index < -0.39 is 11.7 Å². The summed E-state index contributed by atoms with van der Waals surface area (Å²) in [6.07, 6.45) is -3.65. The van der Waals surface area contributed by atoms with E-state index in [9.17, 15) is 13.2 Å². The highest BCUT2D eigenvalue weighted by molar-refractivity contribution is 5.51. The predicted molar refractivity (Wildman–Crippen MR) is 60.8 cm³/mol. The molecule has 0 spiro atoms. The van der Waals surface area contributed by atoms with Gasteiger partial charge in [-0.25, -0.2) is 0 Å². The summed E-state index contributed by atoms with van der Waals surface area (Å²) in [5.74, 6) is 0.651. The lowest BCUT2D eigenvalue weighted by atomic mass is 10.1. The molecule has 2 N–H and O–H groups in total. The first-order chi connectivity index (χ1) is 7.80. The minimum absolute atomic E-state index is 0.201. The van der Waals surface area contributed by atoms with Crippen LogP contribution in [0.4, 0.5) is 18.9 Å². The quantitative estimate of drug-likeness (QED) is 0.823. The highest BCUT2D eigenvalue weighted by Crippen LogP contribution is 2.35. The van der Waals surface area contributed by atoms with Gasteiger partial charge >= 0.3 is 6.18 Å². The zero-order chi connectivity index (χ0) is 13.1. The minimum Gasteiger partial charge on any atom is -0.494 e. The fourth-order valence-electron chi connectivity index (χ4n) is 1.28. The van der Waals surface area contributed by atoms with Crippen LogP contribution in [0.3, 0.4) is 0 Å². The maximum Gasteiger partial charge on any atom is 0.418 e. The number of benzene rings is 1. The first-order valence-corrected chi connectivity index (χ1v) is 5.40. The number of rotatable bonds is 4. The number of nitrogens with two attached hydrogens (primary N) is 1. The molecule has 0 saturated carbocycles. The largest absolute Gasteiger partial charge is 0.494 e. The molecule has 0 aromatic heterocycles. The van der Waals surface area contributed by atoms with E-state index in [4.69, 9.17) is 10.5 Å². The van der Waals surface area contributed by atoms with Crippen molar-refractivity contribution in [1.29, 1.82) is 0 Å². The molecular weight excluding hydrogens is 231 g/mol. The van der Waals surface area contributed by atoms with Crippen LogP contribution in [-0.4, -0.2) is 6.61 Å². The number of hydrogen-bond donors (Lipinski definition) is 1. The van der Waals surface area contributed by atoms with Gasteiger partial charge in [-0.15, -0.1) is 0 Å². The van der Waals surface area contributed by atoms with Crippen LogP contribution in [0.1, 0.15) is 25.8 Å². The van der Waals surface area contributed by atoms with Gasteiger partial charge in [0.25, 0.3) is 0 Å². The van der Waals surface area contributed by atoms with Crippen molar-refractivity contribution in [3.63, 3.8) is 0 Å². The summed E-state index contributed by atoms with van der Waals surface area (Å²) in [7, 11) is 0. The molecule has 5 heteroatoms. The van der Waals surface area contributed by atoms with Gasteiger partial charge in [0.05, 0.1) is 12.2 Å². The van der Waals surface area contributed by atoms with Crippen LogP contribution in [0.15, 0.2) is 18.2 Å². The van der Waals surface area contributed by atoms with Crippen molar-refractivity contribution in [3.05, 3.63) is 23.8 Å². The molecule has 0 fully saturated rings. The van der Waals surface area contributed by atoms with Crippen molar-refractivity contribution >= 4 is 5.69 Å². The fourth-order valence-corrected chi connectivity index (χ4v) is 1.28. The smallest absolute Gasteiger partial charge is 0.418 e. The number of nitrogen functional groups attached to an aromatic ring is 1. The van der Waals surface area contributed by atoms with Gasteiger partial charge in [-0.05, 0) is 30.5 Å². The molecule has 0 unspecified atom stereocenters. The Labute approximate surface area is 98.6 Å². The van der Waals surface area contributed by atoms with Gasteiger partial charge in [0, 0.05) is 5.69 Å². The number of anilines is 1. The third kappa shape index (κ3) is 4.17. The standard InChI is InChI=1S/C12H16F3NO/c1-8(2)5-6-17-9-3-4-11(16)10(7-9)12(13,14)15/h3-4,7-8H,5-6,16H2,1-2H3. The maximum absolute atomic E-state index is 12.5. The maximum atomic E-state index is 12.5. The number of alkyl halides is 3. The zero-order valence-corrected chi connectivity index (χ0v) is 9.84. The van der Waals surface area contributed by atoms with Gasteiger partial charge < -0.3 is 10.5 Å². The van der Waals surface area contributed by atoms with Crippen LogP contribution in [0.2, 0.25) is 0 Å². The molecule has 0 radical (unpaired) electrons. The molecule has 1 rings (SSSR count). The van der Waals surface area contributed by atoms with E-state index in [2.05, 4.69) is 0 Å². The lowest BCUT2D eigenvalue weighted by Gasteiger charge is -2.13. The summed E-state index contributed by atoms with van der Waals surface area (Å²) in [6, 6.07) is 3.61. The Morgan fingerprint density at radius 3 is 2.47 bits per heavy atom. The summed E-state index contributed by atoms with van der Waals surface area (Å²) >= 11 is 0. The van der Waals surface area contributed by atoms with Crippen LogP contribution in [0.5, 0.6) is 5.75 Å². The Hall–Kier alpha value is -1.39. The highest BCUT2D eigenvalue weighted by Gasteiger charge is 2.33. The van der Waals surface area contributed by atoms with Gasteiger partial charge in [-0.1, -0.05) is 13.8 Å². The van der Waals surface area contributed by atoms with Gasteiger partial charge in [0.2, 0.25) is 0 Å². The molecule has 17 heavy (non-hydrogen) atoms. The van der Waals surface area contributed by atoms with E-state index in [1.54, 1.807) is 0 Å². The van der Waals surface area contributed by atoms with E-state index in [1.807, 2.05) is 13.8 Å². The molecule has 0 heterocycles. The Morgan fingerprint density at radius 2 is 1.94 bits per heavy atom. The van der Waals surface area contributed by atoms with Crippen molar-refractivity contribution in [2.45, 2.75) is 26.4 Å². The normalized spacial score (nSPS) is 11.9. The molecule has 2 nitrogen and oxygen atoms in total. The molecule has 1 aromatic carbocycles. The minimum atomic E-state index is -4.44. The Morgan fingerprint density at radius 1 is 1.29 bits per heavy atom. The SMILES string of the molecule is CC(C)CCOc1ccc(N)c(C(F)(F)F)c1. The van der Waals surface area contributed by atoms with E-state index in [0.717, 1.165) is 12.5 Å². The lowest BCUT2D eigenvalue weighted by Crippen LogP contribution is -2.09. The molecule has 1 aromatic rings. The second kappa shape index (κ2) is 5.29. The first kappa shape index (κ1) is 13.7. The van der Waals surface area contributed by atoms with Gasteiger partial charge in [0.15, 0.2) is 0 Å². The van der Waals surface area contributed by atoms with Gasteiger partial charge in [0.1, 0.15) is 5.75 Å². The molecule has 0 amide bonds. The third-order valence-electron chi connectivity index (χ3n) is 2.29. The summed E-state index contributed by atoms with van der Waals surface area (Å²) in [6.45, 7) is 4.44. The van der Waals surface area contributed by atoms with Crippen molar-refractivity contribution in [1.82, 2.24) is 0 Å². The average molecular weight is 247 g/mol.